The second-order valence-corrected chi connectivity index (χ2v) is 12.4. The van der Waals surface area contributed by atoms with Gasteiger partial charge >= 0.3 is 0 Å². The van der Waals surface area contributed by atoms with E-state index in [9.17, 15) is 5.11 Å². The van der Waals surface area contributed by atoms with Gasteiger partial charge in [0.15, 0.2) is 10.6 Å². The van der Waals surface area contributed by atoms with Crippen molar-refractivity contribution in [2.75, 3.05) is 5.75 Å². The predicted molar refractivity (Wildman–Crippen MR) is 163 cm³/mol. The van der Waals surface area contributed by atoms with Crippen molar-refractivity contribution in [3.05, 3.63) is 119 Å². The molecule has 0 bridgehead atoms. The fourth-order valence-electron chi connectivity index (χ4n) is 5.18. The van der Waals surface area contributed by atoms with Crippen LogP contribution in [0.2, 0.25) is 0 Å². The molecule has 1 aromatic heterocycles. The van der Waals surface area contributed by atoms with E-state index in [-0.39, 0.29) is 24.7 Å². The van der Waals surface area contributed by atoms with E-state index in [1.54, 1.807) is 23.1 Å². The first kappa shape index (κ1) is 27.1. The quantitative estimate of drug-likeness (QED) is 0.189. The molecule has 2 heterocycles. The maximum atomic E-state index is 9.53. The fraction of sp³-hybridized carbons (Fsp3) is 0.242. The van der Waals surface area contributed by atoms with Crippen molar-refractivity contribution >= 4 is 33.3 Å². The number of benzene rings is 4. The summed E-state index contributed by atoms with van der Waals surface area (Å²) in [4.78, 5) is 4.81. The average molecular weight is 569 g/mol. The summed E-state index contributed by atoms with van der Waals surface area (Å²) in [6.45, 7) is 2.71. The molecule has 1 saturated heterocycles. The van der Waals surface area contributed by atoms with Gasteiger partial charge in [0.2, 0.25) is 0 Å². The molecule has 0 amide bonds. The van der Waals surface area contributed by atoms with Gasteiger partial charge in [-0.3, -0.25) is 0 Å². The third kappa shape index (κ3) is 5.72. The van der Waals surface area contributed by atoms with Crippen LogP contribution in [0.4, 0.5) is 0 Å². The number of hydrogen-bond acceptors (Lipinski definition) is 7. The lowest BCUT2D eigenvalue weighted by Crippen LogP contribution is -2.38. The van der Waals surface area contributed by atoms with Gasteiger partial charge in [0.1, 0.15) is 0 Å². The van der Waals surface area contributed by atoms with E-state index >= 15 is 0 Å². The number of rotatable bonds is 8. The molecule has 0 radical (unpaired) electrons. The Bertz CT molecular complexity index is 1540. The Balaban J connectivity index is 1.26. The van der Waals surface area contributed by atoms with Crippen LogP contribution in [0.3, 0.4) is 0 Å². The Labute approximate surface area is 243 Å². The molecule has 3 N–H and O–H groups in total. The van der Waals surface area contributed by atoms with Crippen molar-refractivity contribution in [1.29, 1.82) is 0 Å². The van der Waals surface area contributed by atoms with Crippen molar-refractivity contribution in [3.63, 3.8) is 0 Å². The lowest BCUT2D eigenvalue weighted by molar-refractivity contribution is -0.268. The van der Waals surface area contributed by atoms with Gasteiger partial charge in [-0.25, -0.2) is 4.98 Å². The van der Waals surface area contributed by atoms with E-state index in [0.717, 1.165) is 49.0 Å². The molecule has 4 aromatic carbocycles. The Morgan fingerprint density at radius 2 is 1.60 bits per heavy atom. The van der Waals surface area contributed by atoms with Gasteiger partial charge in [-0.1, -0.05) is 104 Å². The highest BCUT2D eigenvalue weighted by Crippen LogP contribution is 2.43. The van der Waals surface area contributed by atoms with Gasteiger partial charge < -0.3 is 20.3 Å². The summed E-state index contributed by atoms with van der Waals surface area (Å²) in [5.74, 6) is 0.891. The third-order valence-electron chi connectivity index (χ3n) is 7.50. The molecule has 4 atom stereocenters. The van der Waals surface area contributed by atoms with E-state index in [4.69, 9.17) is 20.2 Å². The number of nitrogens with zero attached hydrogens (tertiary/aromatic N) is 1. The first-order valence-electron chi connectivity index (χ1n) is 13.5. The molecule has 0 aliphatic carbocycles. The number of ether oxygens (including phenoxy) is 2. The summed E-state index contributed by atoms with van der Waals surface area (Å²) < 4.78 is 15.5. The van der Waals surface area contributed by atoms with E-state index in [1.807, 2.05) is 30.3 Å². The Hall–Kier alpha value is -3.04. The first-order chi connectivity index (χ1) is 19.6. The minimum Gasteiger partial charge on any atom is -0.392 e. The number of aromatic nitrogens is 1. The van der Waals surface area contributed by atoms with Crippen molar-refractivity contribution in [2.24, 2.45) is 11.7 Å². The molecule has 5 nitrogen and oxygen atoms in total. The summed E-state index contributed by atoms with van der Waals surface area (Å²) in [7, 11) is 0. The summed E-state index contributed by atoms with van der Waals surface area (Å²) >= 11 is 3.46. The summed E-state index contributed by atoms with van der Waals surface area (Å²) in [5, 5.41) is 9.53. The summed E-state index contributed by atoms with van der Waals surface area (Å²) in [5.41, 5.74) is 13.3. The Morgan fingerprint density at radius 3 is 2.35 bits per heavy atom. The monoisotopic (exact) mass is 568 g/mol. The van der Waals surface area contributed by atoms with E-state index < -0.39 is 6.29 Å². The van der Waals surface area contributed by atoms with Gasteiger partial charge in [0.25, 0.3) is 0 Å². The van der Waals surface area contributed by atoms with Crippen LogP contribution in [0.25, 0.3) is 21.3 Å². The molecule has 6 rings (SSSR count). The van der Waals surface area contributed by atoms with Crippen LogP contribution in [0.5, 0.6) is 0 Å². The maximum Gasteiger partial charge on any atom is 0.184 e. The van der Waals surface area contributed by atoms with Crippen LogP contribution < -0.4 is 5.73 Å². The Morgan fingerprint density at radius 1 is 0.875 bits per heavy atom. The van der Waals surface area contributed by atoms with Crippen LogP contribution in [0.1, 0.15) is 41.6 Å². The van der Waals surface area contributed by atoms with Crippen LogP contribution in [-0.2, 0) is 22.6 Å². The van der Waals surface area contributed by atoms with Gasteiger partial charge in [0.05, 0.1) is 29.0 Å². The van der Waals surface area contributed by atoms with Crippen molar-refractivity contribution in [3.8, 4) is 11.1 Å². The van der Waals surface area contributed by atoms with Crippen LogP contribution >= 0.6 is 23.1 Å². The highest BCUT2D eigenvalue weighted by atomic mass is 32.2. The Kier molecular flexibility index (Phi) is 8.30. The van der Waals surface area contributed by atoms with Crippen molar-refractivity contribution in [1.82, 2.24) is 4.98 Å². The maximum absolute atomic E-state index is 9.53. The average Bonchev–Trinajstić information content (AvgIpc) is 3.44. The minimum atomic E-state index is -0.501. The first-order valence-corrected chi connectivity index (χ1v) is 15.3. The van der Waals surface area contributed by atoms with E-state index in [1.165, 1.54) is 4.70 Å². The van der Waals surface area contributed by atoms with Crippen LogP contribution in [0.15, 0.2) is 101 Å². The predicted octanol–water partition coefficient (Wildman–Crippen LogP) is 7.50. The largest absolute Gasteiger partial charge is 0.392 e. The molecule has 5 aromatic rings. The number of hydrogen-bond donors (Lipinski definition) is 2. The van der Waals surface area contributed by atoms with Gasteiger partial charge in [-0.15, -0.1) is 11.3 Å². The fourth-order valence-corrected chi connectivity index (χ4v) is 7.43. The molecule has 7 heteroatoms. The number of thioether (sulfide) groups is 1. The van der Waals surface area contributed by atoms with E-state index in [2.05, 4.69) is 73.7 Å². The highest BCUT2D eigenvalue weighted by Gasteiger charge is 2.38. The lowest BCUT2D eigenvalue weighted by Gasteiger charge is -2.41. The molecule has 204 valence electrons. The number of fused-ring (bicyclic) bond motifs is 1. The van der Waals surface area contributed by atoms with Crippen molar-refractivity contribution in [2.45, 2.75) is 42.9 Å². The number of para-hydroxylation sites is 1. The molecule has 0 saturated carbocycles. The van der Waals surface area contributed by atoms with E-state index in [0.29, 0.717) is 6.54 Å². The van der Waals surface area contributed by atoms with Gasteiger partial charge in [0, 0.05) is 23.8 Å². The number of thiazole rings is 1. The third-order valence-corrected chi connectivity index (χ3v) is 9.77. The van der Waals surface area contributed by atoms with Crippen molar-refractivity contribution < 1.29 is 14.6 Å². The molecule has 0 spiro atoms. The molecule has 1 aliphatic heterocycles. The summed E-state index contributed by atoms with van der Waals surface area (Å²) in [6, 6.07) is 32.9. The zero-order valence-electron chi connectivity index (χ0n) is 22.3. The zero-order valence-corrected chi connectivity index (χ0v) is 23.9. The van der Waals surface area contributed by atoms with Crippen LogP contribution in [-0.4, -0.2) is 21.9 Å². The number of aliphatic hydroxyl groups excluding tert-OH is 1. The smallest absolute Gasteiger partial charge is 0.184 e. The second-order valence-electron chi connectivity index (χ2n) is 10.1. The zero-order chi connectivity index (χ0) is 27.5. The standard InChI is InChI=1S/C33H32N2O3S2/c1-21-29(20-39-33-35-28-8-4-5-9-30(28)40-33)37-32(38-31(21)24-12-10-22(19-36)11-13-24)25-16-14-23(15-17-25)27-7-3-2-6-26(27)18-34/h2-17,21,29,31-32,36H,18-20,34H2,1H3/t21-,29+,31+,32+/m1/s1. The molecular weight excluding hydrogens is 537 g/mol. The topological polar surface area (TPSA) is 77.6 Å². The number of aliphatic hydroxyl groups is 1. The SMILES string of the molecule is C[C@@H]1[C@H](CSc2nc3ccccc3s2)O[C@H](c2ccc(-c3ccccc3CN)cc2)O[C@@H]1c1ccc(CO)cc1. The lowest BCUT2D eigenvalue weighted by atomic mass is 9.91. The minimum absolute atomic E-state index is 0.0220. The molecule has 1 fully saturated rings. The molecule has 40 heavy (non-hydrogen) atoms. The summed E-state index contributed by atoms with van der Waals surface area (Å²) in [6.07, 6.45) is -0.695. The van der Waals surface area contributed by atoms with Crippen LogP contribution in [0, 0.1) is 5.92 Å². The van der Waals surface area contributed by atoms with Gasteiger partial charge in [-0.05, 0) is 39.9 Å². The second kappa shape index (κ2) is 12.2. The molecular formula is C33H32N2O3S2. The molecule has 0 unspecified atom stereocenters. The number of nitrogens with two attached hydrogens (primary N) is 1. The highest BCUT2D eigenvalue weighted by molar-refractivity contribution is 8.01. The van der Waals surface area contributed by atoms with Gasteiger partial charge in [-0.2, -0.15) is 0 Å². The normalized spacial score (nSPS) is 21.1. The molecule has 1 aliphatic rings.